The van der Waals surface area contributed by atoms with E-state index in [0.29, 0.717) is 12.1 Å². The first kappa shape index (κ1) is 12.5. The van der Waals surface area contributed by atoms with Crippen LogP contribution in [-0.4, -0.2) is 21.9 Å². The van der Waals surface area contributed by atoms with Crippen LogP contribution in [0.25, 0.3) is 0 Å². The van der Waals surface area contributed by atoms with Crippen molar-refractivity contribution in [3.63, 3.8) is 0 Å². The average Bonchev–Trinajstić information content (AvgIpc) is 2.68. The van der Waals surface area contributed by atoms with E-state index in [-0.39, 0.29) is 5.41 Å². The molecule has 0 spiro atoms. The monoisotopic (exact) mass is 232 g/mol. The predicted octanol–water partition coefficient (Wildman–Crippen LogP) is 3.61. The highest BCUT2D eigenvalue weighted by Crippen LogP contribution is 2.52. The van der Waals surface area contributed by atoms with Crippen LogP contribution >= 0.6 is 0 Å². The van der Waals surface area contributed by atoms with Crippen molar-refractivity contribution >= 4 is 0 Å². The minimum atomic E-state index is 0.241. The van der Waals surface area contributed by atoms with E-state index in [9.17, 15) is 0 Å². The normalized spacial score (nSPS) is 19.7. The maximum absolute atomic E-state index is 3.46. The zero-order valence-electron chi connectivity index (χ0n) is 12.1. The fraction of sp³-hybridized carbons (Fsp3) is 0.667. The molecule has 0 N–H and O–H groups in total. The Hall–Kier alpha value is -0.920. The minimum absolute atomic E-state index is 0.241. The van der Waals surface area contributed by atoms with Gasteiger partial charge in [0.15, 0.2) is 0 Å². The molecule has 0 aromatic carbocycles. The molecule has 1 heterocycles. The molecule has 1 aliphatic heterocycles. The summed E-state index contributed by atoms with van der Waals surface area (Å²) >= 11 is 0. The summed E-state index contributed by atoms with van der Waals surface area (Å²) in [7, 11) is 0. The van der Waals surface area contributed by atoms with Crippen LogP contribution in [-0.2, 0) is 0 Å². The molecule has 0 aromatic rings. The molecule has 2 rings (SSSR count). The zero-order valence-corrected chi connectivity index (χ0v) is 12.1. The fourth-order valence-corrected chi connectivity index (χ4v) is 2.20. The first-order valence-corrected chi connectivity index (χ1v) is 6.55. The lowest BCUT2D eigenvalue weighted by Gasteiger charge is -2.31. The lowest BCUT2D eigenvalue weighted by molar-refractivity contribution is 0.246. The molecular formula is C15H24N2. The summed E-state index contributed by atoms with van der Waals surface area (Å²) in [5.41, 5.74) is 4.45. The Kier molecular flexibility index (Phi) is 2.80. The molecule has 0 saturated heterocycles. The van der Waals surface area contributed by atoms with Crippen molar-refractivity contribution in [2.24, 2.45) is 5.41 Å². The Labute approximate surface area is 106 Å². The summed E-state index contributed by atoms with van der Waals surface area (Å²) in [5.74, 6) is 0. The van der Waals surface area contributed by atoms with E-state index < -0.39 is 0 Å². The van der Waals surface area contributed by atoms with Crippen molar-refractivity contribution in [2.45, 2.75) is 60.5 Å². The van der Waals surface area contributed by atoms with Crippen molar-refractivity contribution in [3.05, 3.63) is 29.7 Å². The van der Waals surface area contributed by atoms with Gasteiger partial charge in [0.2, 0.25) is 6.67 Å². The van der Waals surface area contributed by atoms with E-state index in [0.717, 1.165) is 0 Å². The van der Waals surface area contributed by atoms with Crippen LogP contribution in [0.3, 0.4) is 0 Å². The molecule has 0 unspecified atom stereocenters. The summed E-state index contributed by atoms with van der Waals surface area (Å²) in [4.78, 5) is 4.54. The maximum atomic E-state index is 3.46. The van der Waals surface area contributed by atoms with Crippen molar-refractivity contribution < 1.29 is 0 Å². The fourth-order valence-electron chi connectivity index (χ4n) is 2.20. The molecular weight excluding hydrogens is 208 g/mol. The molecule has 0 amide bonds. The molecule has 17 heavy (non-hydrogen) atoms. The van der Waals surface area contributed by atoms with E-state index >= 15 is 0 Å². The van der Waals surface area contributed by atoms with E-state index in [4.69, 9.17) is 0 Å². The van der Waals surface area contributed by atoms with Gasteiger partial charge in [-0.05, 0) is 33.1 Å². The van der Waals surface area contributed by atoms with Crippen LogP contribution in [0.4, 0.5) is 0 Å². The number of hydrogen-bond acceptors (Lipinski definition) is 2. The van der Waals surface area contributed by atoms with Crippen LogP contribution in [0.2, 0.25) is 0 Å². The summed E-state index contributed by atoms with van der Waals surface area (Å²) in [6, 6.07) is 0.962. The molecule has 0 fully saturated rings. The van der Waals surface area contributed by atoms with E-state index in [1.165, 1.54) is 17.0 Å². The summed E-state index contributed by atoms with van der Waals surface area (Å²) < 4.78 is 0. The molecule has 0 saturated carbocycles. The Bertz CT molecular complexity index is 354. The van der Waals surface area contributed by atoms with Gasteiger partial charge in [-0.15, -0.1) is 0 Å². The summed E-state index contributed by atoms with van der Waals surface area (Å²) in [5, 5.41) is 0. The molecule has 2 aliphatic rings. The van der Waals surface area contributed by atoms with E-state index in [2.05, 4.69) is 71.0 Å². The van der Waals surface area contributed by atoms with Gasteiger partial charge in [-0.3, -0.25) is 0 Å². The Morgan fingerprint density at radius 2 is 1.35 bits per heavy atom. The standard InChI is InChI=1S/C15H24N2/c1-10(2)16-9-17(11(3)4)14-12(13(14)16)8-15(5,6)7/h8,10-11H,1-7H3. The van der Waals surface area contributed by atoms with Crippen molar-refractivity contribution in [1.29, 1.82) is 0 Å². The Balaban J connectivity index is 2.23. The first-order chi connectivity index (χ1) is 7.72. The zero-order chi connectivity index (χ0) is 13.0. The predicted molar refractivity (Wildman–Crippen MR) is 71.8 cm³/mol. The van der Waals surface area contributed by atoms with E-state index in [1.807, 2.05) is 0 Å². The quantitative estimate of drug-likeness (QED) is 0.717. The Morgan fingerprint density at radius 3 is 1.65 bits per heavy atom. The average molecular weight is 232 g/mol. The molecule has 94 valence electrons. The van der Waals surface area contributed by atoms with Crippen LogP contribution in [0.5, 0.6) is 0 Å². The number of hydrogen-bond donors (Lipinski definition) is 0. The molecule has 0 atom stereocenters. The van der Waals surface area contributed by atoms with Gasteiger partial charge in [0.1, 0.15) is 0 Å². The van der Waals surface area contributed by atoms with Crippen LogP contribution in [0.1, 0.15) is 48.5 Å². The van der Waals surface area contributed by atoms with Crippen LogP contribution < -0.4 is 0 Å². The summed E-state index contributed by atoms with van der Waals surface area (Å²) in [6.45, 7) is 19.1. The number of allylic oxidation sites excluding steroid dienone is 3. The van der Waals surface area contributed by atoms with Gasteiger partial charge in [0, 0.05) is 17.7 Å². The van der Waals surface area contributed by atoms with Gasteiger partial charge in [0.25, 0.3) is 0 Å². The smallest absolute Gasteiger partial charge is 0.209 e. The van der Waals surface area contributed by atoms with Crippen LogP contribution in [0.15, 0.2) is 23.0 Å². The van der Waals surface area contributed by atoms with Crippen molar-refractivity contribution in [1.82, 2.24) is 9.80 Å². The third-order valence-electron chi connectivity index (χ3n) is 2.98. The molecule has 1 aliphatic carbocycles. The van der Waals surface area contributed by atoms with Crippen molar-refractivity contribution in [2.75, 3.05) is 0 Å². The van der Waals surface area contributed by atoms with Gasteiger partial charge >= 0.3 is 0 Å². The topological polar surface area (TPSA) is 6.48 Å². The molecule has 2 radical (unpaired) electrons. The molecule has 2 heteroatoms. The first-order valence-electron chi connectivity index (χ1n) is 6.55. The third-order valence-corrected chi connectivity index (χ3v) is 2.98. The second-order valence-electron chi connectivity index (χ2n) is 6.65. The second kappa shape index (κ2) is 3.79. The largest absolute Gasteiger partial charge is 0.337 e. The second-order valence-corrected chi connectivity index (χ2v) is 6.65. The van der Waals surface area contributed by atoms with Gasteiger partial charge in [-0.25, -0.2) is 0 Å². The molecule has 0 bridgehead atoms. The highest BCUT2D eigenvalue weighted by Gasteiger charge is 2.48. The maximum Gasteiger partial charge on any atom is 0.209 e. The van der Waals surface area contributed by atoms with Crippen LogP contribution in [0, 0.1) is 12.1 Å². The minimum Gasteiger partial charge on any atom is -0.337 e. The number of nitrogens with zero attached hydrogens (tertiary/aromatic N) is 2. The highest BCUT2D eigenvalue weighted by molar-refractivity contribution is 5.68. The third kappa shape index (κ3) is 2.22. The number of rotatable bonds is 2. The van der Waals surface area contributed by atoms with E-state index in [1.54, 1.807) is 0 Å². The lowest BCUT2D eigenvalue weighted by atomic mass is 9.95. The Morgan fingerprint density at radius 1 is 0.941 bits per heavy atom. The van der Waals surface area contributed by atoms with Crippen molar-refractivity contribution in [3.8, 4) is 0 Å². The molecule has 2 nitrogen and oxygen atoms in total. The molecule has 0 aromatic heterocycles. The lowest BCUT2D eigenvalue weighted by Crippen LogP contribution is -2.34. The SMILES string of the molecule is CC(C)N1[C]N(C(C)C)C2=C1C2=CC(C)(C)C. The van der Waals surface area contributed by atoms with Gasteiger partial charge in [0.05, 0.1) is 11.4 Å². The summed E-state index contributed by atoms with van der Waals surface area (Å²) in [6.07, 6.45) is 2.38. The highest BCUT2D eigenvalue weighted by atomic mass is 15.4. The van der Waals surface area contributed by atoms with Gasteiger partial charge in [-0.1, -0.05) is 26.8 Å². The van der Waals surface area contributed by atoms with Gasteiger partial charge < -0.3 is 9.80 Å². The van der Waals surface area contributed by atoms with Gasteiger partial charge in [-0.2, -0.15) is 0 Å².